The summed E-state index contributed by atoms with van der Waals surface area (Å²) in [4.78, 5) is 13.9. The Bertz CT molecular complexity index is 2690. The molecule has 0 radical (unpaired) electrons. The summed E-state index contributed by atoms with van der Waals surface area (Å²) in [5.74, 6) is -3.54. The van der Waals surface area contributed by atoms with Gasteiger partial charge in [-0.25, -0.2) is 4.79 Å². The van der Waals surface area contributed by atoms with Gasteiger partial charge in [0.25, 0.3) is 0 Å². The van der Waals surface area contributed by atoms with Crippen LogP contribution in [0.15, 0.2) is 212 Å². The predicted molar refractivity (Wildman–Crippen MR) is 273 cm³/mol. The standard InChI is InChI=1S/C61H62O13/c62-53-54(72-59(63)50-34-20-7-21-35-50)52(43-66-37-45-24-10-2-11-25-45)73-61(64,58(53)69-40-48-30-16-5-17-31-48)74-55-51(42-65-36-44-22-8-1-9-23-44)71-60(70-41-49-32-18-6-19-33-49)57(68-39-47-28-14-4-15-29-47)56(55)67-38-46-26-12-3-13-27-46/h1-35,51-58,60,62,64H,36-43H2/t51-,52+,53-,54-,55-,56+,57-,58+,60-,61-/m0/s1. The summed E-state index contributed by atoms with van der Waals surface area (Å²) in [6, 6.07) is 65.9. The van der Waals surface area contributed by atoms with E-state index in [4.69, 9.17) is 47.4 Å². The van der Waals surface area contributed by atoms with E-state index in [0.717, 1.165) is 33.4 Å². The van der Waals surface area contributed by atoms with Crippen LogP contribution in [0, 0.1) is 0 Å². The van der Waals surface area contributed by atoms with Crippen molar-refractivity contribution in [1.29, 1.82) is 0 Å². The van der Waals surface area contributed by atoms with E-state index in [1.165, 1.54) is 0 Å². The normalized spacial score (nSPS) is 24.8. The average molecular weight is 1000 g/mol. The van der Waals surface area contributed by atoms with Crippen molar-refractivity contribution in [3.05, 3.63) is 251 Å². The van der Waals surface area contributed by atoms with Crippen molar-refractivity contribution in [2.75, 3.05) is 13.2 Å². The molecule has 7 aromatic carbocycles. The van der Waals surface area contributed by atoms with Crippen LogP contribution in [0.3, 0.4) is 0 Å². The van der Waals surface area contributed by atoms with Crippen molar-refractivity contribution in [3.8, 4) is 0 Å². The lowest BCUT2D eigenvalue weighted by atomic mass is 9.94. The molecule has 0 spiro atoms. The summed E-state index contributed by atoms with van der Waals surface area (Å²) in [6.45, 7) is 0.276. The summed E-state index contributed by atoms with van der Waals surface area (Å²) in [5, 5.41) is 26.1. The minimum absolute atomic E-state index is 0.0862. The van der Waals surface area contributed by atoms with Crippen LogP contribution in [0.25, 0.3) is 0 Å². The third kappa shape index (κ3) is 14.4. The molecule has 0 unspecified atom stereocenters. The molecule has 7 aromatic rings. The largest absolute Gasteiger partial charge is 0.453 e. The first-order valence-corrected chi connectivity index (χ1v) is 24.9. The predicted octanol–water partition coefficient (Wildman–Crippen LogP) is 9.13. The highest BCUT2D eigenvalue weighted by molar-refractivity contribution is 5.89. The lowest BCUT2D eigenvalue weighted by Crippen LogP contribution is -2.71. The Morgan fingerprint density at radius 1 is 0.432 bits per heavy atom. The Morgan fingerprint density at radius 2 is 0.811 bits per heavy atom. The molecule has 13 nitrogen and oxygen atoms in total. The van der Waals surface area contributed by atoms with Crippen LogP contribution in [-0.2, 0) is 87.0 Å². The number of rotatable bonds is 24. The summed E-state index contributed by atoms with van der Waals surface area (Å²) in [5.41, 5.74) is 5.36. The van der Waals surface area contributed by atoms with Gasteiger partial charge < -0.3 is 57.6 Å². The van der Waals surface area contributed by atoms with Crippen LogP contribution in [-0.4, -0.2) is 90.5 Å². The van der Waals surface area contributed by atoms with Crippen molar-refractivity contribution in [3.63, 3.8) is 0 Å². The third-order valence-electron chi connectivity index (χ3n) is 12.7. The van der Waals surface area contributed by atoms with Gasteiger partial charge >= 0.3 is 11.9 Å². The van der Waals surface area contributed by atoms with Gasteiger partial charge in [0.15, 0.2) is 18.5 Å². The summed E-state index contributed by atoms with van der Waals surface area (Å²) < 4.78 is 66.4. The molecule has 2 fully saturated rings. The molecule has 2 aliphatic rings. The number of carbonyl (C=O) groups excluding carboxylic acids is 1. The monoisotopic (exact) mass is 1000 g/mol. The van der Waals surface area contributed by atoms with Gasteiger partial charge in [-0.1, -0.05) is 200 Å². The summed E-state index contributed by atoms with van der Waals surface area (Å²) in [6.07, 6.45) is -11.7. The molecule has 2 heterocycles. The van der Waals surface area contributed by atoms with Crippen molar-refractivity contribution in [2.24, 2.45) is 0 Å². The molecular formula is C61H62O13. The minimum Gasteiger partial charge on any atom is -0.453 e. The molecule has 0 aromatic heterocycles. The van der Waals surface area contributed by atoms with Crippen LogP contribution in [0.1, 0.15) is 43.7 Å². The van der Waals surface area contributed by atoms with Crippen LogP contribution in [0.5, 0.6) is 0 Å². The zero-order chi connectivity index (χ0) is 50.8. The Kier molecular flexibility index (Phi) is 18.9. The number of esters is 1. The van der Waals surface area contributed by atoms with Gasteiger partial charge in [-0.2, -0.15) is 0 Å². The van der Waals surface area contributed by atoms with Crippen molar-refractivity contribution in [1.82, 2.24) is 0 Å². The molecule has 2 N–H and O–H groups in total. The van der Waals surface area contributed by atoms with E-state index in [-0.39, 0.29) is 58.4 Å². The topological polar surface area (TPSA) is 150 Å². The molecule has 74 heavy (non-hydrogen) atoms. The highest BCUT2D eigenvalue weighted by atomic mass is 16.9. The molecule has 9 rings (SSSR count). The van der Waals surface area contributed by atoms with Crippen molar-refractivity contribution in [2.45, 2.75) is 101 Å². The van der Waals surface area contributed by atoms with Gasteiger partial charge in [0.1, 0.15) is 36.6 Å². The third-order valence-corrected chi connectivity index (χ3v) is 12.7. The second-order valence-corrected chi connectivity index (χ2v) is 18.2. The van der Waals surface area contributed by atoms with Crippen LogP contribution in [0.2, 0.25) is 0 Å². The van der Waals surface area contributed by atoms with Crippen LogP contribution < -0.4 is 0 Å². The van der Waals surface area contributed by atoms with E-state index in [0.29, 0.717) is 0 Å². The maximum Gasteiger partial charge on any atom is 0.338 e. The number of aliphatic hydroxyl groups is 2. The van der Waals surface area contributed by atoms with E-state index >= 15 is 0 Å². The van der Waals surface area contributed by atoms with Crippen LogP contribution in [0.4, 0.5) is 0 Å². The van der Waals surface area contributed by atoms with Crippen molar-refractivity contribution < 1.29 is 62.4 Å². The summed E-state index contributed by atoms with van der Waals surface area (Å²) >= 11 is 0. The molecule has 13 heteroatoms. The molecule has 10 atom stereocenters. The van der Waals surface area contributed by atoms with E-state index < -0.39 is 67.1 Å². The van der Waals surface area contributed by atoms with Gasteiger partial charge in [-0.15, -0.1) is 0 Å². The quantitative estimate of drug-likeness (QED) is 0.0438. The highest BCUT2D eigenvalue weighted by Gasteiger charge is 2.61. The SMILES string of the molecule is O=C(O[C@@H]1[C@H](O)[C@@H](OCc2ccccc2)[C@@](O)(O[C@@H]2[C@@H](OCc3ccccc3)[C@H](OCc3ccccc3)[C@@H](OCc3ccccc3)O[C@H]2COCc2ccccc2)O[C@@H]1COCc1ccccc1)c1ccccc1. The van der Waals surface area contributed by atoms with E-state index in [9.17, 15) is 15.0 Å². The smallest absolute Gasteiger partial charge is 0.338 e. The molecule has 0 bridgehead atoms. The minimum atomic E-state index is -2.81. The highest BCUT2D eigenvalue weighted by Crippen LogP contribution is 2.40. The number of ether oxygens (including phenoxy) is 10. The number of hydrogen-bond acceptors (Lipinski definition) is 13. The fraction of sp³-hybridized carbons (Fsp3) is 0.295. The fourth-order valence-electron chi connectivity index (χ4n) is 8.93. The van der Waals surface area contributed by atoms with Gasteiger partial charge in [-0.3, -0.25) is 0 Å². The first-order chi connectivity index (χ1) is 36.4. The number of benzene rings is 7. The maximum atomic E-state index is 13.9. The first-order valence-electron chi connectivity index (χ1n) is 24.9. The molecule has 384 valence electrons. The van der Waals surface area contributed by atoms with Crippen LogP contribution >= 0.6 is 0 Å². The Balaban J connectivity index is 1.11. The molecule has 2 aliphatic heterocycles. The van der Waals surface area contributed by atoms with Gasteiger partial charge in [0.2, 0.25) is 0 Å². The van der Waals surface area contributed by atoms with Gasteiger partial charge in [0, 0.05) is 0 Å². The maximum absolute atomic E-state index is 13.9. The second-order valence-electron chi connectivity index (χ2n) is 18.2. The Morgan fingerprint density at radius 3 is 1.27 bits per heavy atom. The molecule has 2 saturated heterocycles. The van der Waals surface area contributed by atoms with E-state index in [1.54, 1.807) is 30.3 Å². The van der Waals surface area contributed by atoms with Gasteiger partial charge in [0.05, 0.1) is 58.4 Å². The Hall–Kier alpha value is -6.43. The fourth-order valence-corrected chi connectivity index (χ4v) is 8.93. The van der Waals surface area contributed by atoms with Gasteiger partial charge in [-0.05, 0) is 45.5 Å². The number of aliphatic hydroxyl groups excluding tert-OH is 1. The Labute approximate surface area is 432 Å². The first kappa shape index (κ1) is 52.4. The average Bonchev–Trinajstić information content (AvgIpc) is 3.45. The number of hydrogen-bond donors (Lipinski definition) is 2. The molecule has 0 amide bonds. The van der Waals surface area contributed by atoms with Crippen molar-refractivity contribution >= 4 is 5.97 Å². The summed E-state index contributed by atoms with van der Waals surface area (Å²) in [7, 11) is 0. The van der Waals surface area contributed by atoms with E-state index in [2.05, 4.69) is 0 Å². The second kappa shape index (κ2) is 26.7. The molecule has 0 saturated carbocycles. The number of carbonyl (C=O) groups is 1. The van der Waals surface area contributed by atoms with E-state index in [1.807, 2.05) is 182 Å². The lowest BCUT2D eigenvalue weighted by Gasteiger charge is -2.52. The molecular weight excluding hydrogens is 941 g/mol. The zero-order valence-electron chi connectivity index (χ0n) is 40.9. The zero-order valence-corrected chi connectivity index (χ0v) is 40.9. The lowest BCUT2D eigenvalue weighted by molar-refractivity contribution is -0.480. The molecule has 0 aliphatic carbocycles.